The number of rotatable bonds is 2. The van der Waals surface area contributed by atoms with Crippen LogP contribution in [0.25, 0.3) is 0 Å². The van der Waals surface area contributed by atoms with E-state index in [0.29, 0.717) is 29.2 Å². The van der Waals surface area contributed by atoms with E-state index in [4.69, 9.17) is 0 Å². The maximum atomic E-state index is 12.3. The van der Waals surface area contributed by atoms with Crippen molar-refractivity contribution in [3.8, 4) is 0 Å². The second-order valence-electron chi connectivity index (χ2n) is 4.71. The van der Waals surface area contributed by atoms with E-state index in [1.807, 2.05) is 11.8 Å². The number of aromatic nitrogens is 1. The third-order valence-electron chi connectivity index (χ3n) is 3.50. The molecular formula is C13H17BrN2O2. The summed E-state index contributed by atoms with van der Waals surface area (Å²) in [6.45, 7) is 3.23. The molecule has 0 aromatic carbocycles. The van der Waals surface area contributed by atoms with Crippen LogP contribution in [0.3, 0.4) is 0 Å². The maximum Gasteiger partial charge on any atom is 0.256 e. The van der Waals surface area contributed by atoms with Crippen LogP contribution in [0.1, 0.15) is 30.1 Å². The summed E-state index contributed by atoms with van der Waals surface area (Å²) in [4.78, 5) is 18.2. The molecule has 0 radical (unpaired) electrons. The van der Waals surface area contributed by atoms with Crippen molar-refractivity contribution in [2.75, 3.05) is 13.1 Å². The number of pyridine rings is 1. The Bertz CT molecular complexity index is 429. The zero-order chi connectivity index (χ0) is 13.1. The second-order valence-corrected chi connectivity index (χ2v) is 5.46. The fourth-order valence-electron chi connectivity index (χ4n) is 2.30. The van der Waals surface area contributed by atoms with Crippen molar-refractivity contribution < 1.29 is 9.90 Å². The summed E-state index contributed by atoms with van der Waals surface area (Å²) < 4.78 is 0.590. The number of hydrogen-bond acceptors (Lipinski definition) is 3. The van der Waals surface area contributed by atoms with E-state index in [-0.39, 0.29) is 12.0 Å². The number of likely N-dealkylation sites (tertiary alicyclic amines) is 1. The smallest absolute Gasteiger partial charge is 0.256 e. The second kappa shape index (κ2) is 5.80. The van der Waals surface area contributed by atoms with E-state index in [2.05, 4.69) is 20.9 Å². The molecule has 1 aliphatic rings. The van der Waals surface area contributed by atoms with Crippen LogP contribution in [-0.4, -0.2) is 40.1 Å². The van der Waals surface area contributed by atoms with Crippen LogP contribution >= 0.6 is 15.9 Å². The summed E-state index contributed by atoms with van der Waals surface area (Å²) in [6, 6.07) is 3.54. The molecule has 18 heavy (non-hydrogen) atoms. The Morgan fingerprint density at radius 3 is 2.78 bits per heavy atom. The van der Waals surface area contributed by atoms with Gasteiger partial charge in [-0.25, -0.2) is 4.98 Å². The van der Waals surface area contributed by atoms with Gasteiger partial charge in [0.15, 0.2) is 0 Å². The SMILES string of the molecule is CC(O)C1CCN(C(=O)c2cccnc2Br)CC1. The van der Waals surface area contributed by atoms with E-state index >= 15 is 0 Å². The first-order chi connectivity index (χ1) is 8.59. The van der Waals surface area contributed by atoms with Gasteiger partial charge in [-0.15, -0.1) is 0 Å². The largest absolute Gasteiger partial charge is 0.393 e. The minimum absolute atomic E-state index is 0.0130. The van der Waals surface area contributed by atoms with Crippen LogP contribution in [0.4, 0.5) is 0 Å². The summed E-state index contributed by atoms with van der Waals surface area (Å²) in [6.07, 6.45) is 3.09. The monoisotopic (exact) mass is 312 g/mol. The van der Waals surface area contributed by atoms with Crippen LogP contribution in [0.2, 0.25) is 0 Å². The van der Waals surface area contributed by atoms with Crippen molar-refractivity contribution in [2.24, 2.45) is 5.92 Å². The lowest BCUT2D eigenvalue weighted by Gasteiger charge is -2.33. The predicted molar refractivity (Wildman–Crippen MR) is 72.2 cm³/mol. The van der Waals surface area contributed by atoms with Gasteiger partial charge in [-0.05, 0) is 53.7 Å². The fraction of sp³-hybridized carbons (Fsp3) is 0.538. The van der Waals surface area contributed by atoms with Crippen molar-refractivity contribution in [2.45, 2.75) is 25.9 Å². The molecule has 1 aromatic heterocycles. The lowest BCUT2D eigenvalue weighted by molar-refractivity contribution is 0.0520. The molecule has 2 heterocycles. The lowest BCUT2D eigenvalue weighted by atomic mass is 9.92. The standard InChI is InChI=1S/C13H17BrN2O2/c1-9(17)10-4-7-16(8-5-10)13(18)11-3-2-6-15-12(11)14/h2-3,6,9-10,17H,4-5,7-8H2,1H3. The molecule has 1 amide bonds. The maximum absolute atomic E-state index is 12.3. The molecule has 98 valence electrons. The number of hydrogen-bond donors (Lipinski definition) is 1. The van der Waals surface area contributed by atoms with Gasteiger partial charge in [-0.3, -0.25) is 4.79 Å². The Morgan fingerprint density at radius 1 is 1.56 bits per heavy atom. The summed E-state index contributed by atoms with van der Waals surface area (Å²) in [5.74, 6) is 0.324. The van der Waals surface area contributed by atoms with E-state index in [1.165, 1.54) is 0 Å². The minimum atomic E-state index is -0.285. The number of piperidine rings is 1. The minimum Gasteiger partial charge on any atom is -0.393 e. The van der Waals surface area contributed by atoms with Crippen LogP contribution in [0.5, 0.6) is 0 Å². The highest BCUT2D eigenvalue weighted by Gasteiger charge is 2.26. The van der Waals surface area contributed by atoms with E-state index in [1.54, 1.807) is 18.3 Å². The molecule has 0 saturated carbocycles. The molecule has 1 aliphatic heterocycles. The first-order valence-electron chi connectivity index (χ1n) is 6.17. The van der Waals surface area contributed by atoms with E-state index < -0.39 is 0 Å². The number of aliphatic hydroxyl groups excluding tert-OH is 1. The van der Waals surface area contributed by atoms with Crippen molar-refractivity contribution >= 4 is 21.8 Å². The quantitative estimate of drug-likeness (QED) is 0.851. The number of nitrogens with zero attached hydrogens (tertiary/aromatic N) is 2. The average Bonchev–Trinajstić information content (AvgIpc) is 2.38. The van der Waals surface area contributed by atoms with Crippen LogP contribution < -0.4 is 0 Å². The van der Waals surface area contributed by atoms with Crippen molar-refractivity contribution in [3.63, 3.8) is 0 Å². The Hall–Kier alpha value is -0.940. The number of amides is 1. The molecule has 4 nitrogen and oxygen atoms in total. The van der Waals surface area contributed by atoms with Gasteiger partial charge in [-0.2, -0.15) is 0 Å². The van der Waals surface area contributed by atoms with Gasteiger partial charge in [0.2, 0.25) is 0 Å². The van der Waals surface area contributed by atoms with Crippen LogP contribution in [-0.2, 0) is 0 Å². The van der Waals surface area contributed by atoms with Crippen LogP contribution in [0, 0.1) is 5.92 Å². The van der Waals surface area contributed by atoms with E-state index in [0.717, 1.165) is 12.8 Å². The summed E-state index contributed by atoms with van der Waals surface area (Å²) in [5, 5.41) is 9.54. The Kier molecular flexibility index (Phi) is 4.35. The average molecular weight is 313 g/mol. The van der Waals surface area contributed by atoms with Crippen LogP contribution in [0.15, 0.2) is 22.9 Å². The molecule has 0 bridgehead atoms. The molecular weight excluding hydrogens is 296 g/mol. The molecule has 1 N–H and O–H groups in total. The number of carbonyl (C=O) groups excluding carboxylic acids is 1. The molecule has 1 aromatic rings. The Morgan fingerprint density at radius 2 is 2.22 bits per heavy atom. The highest BCUT2D eigenvalue weighted by molar-refractivity contribution is 9.10. The van der Waals surface area contributed by atoms with Crippen molar-refractivity contribution in [1.82, 2.24) is 9.88 Å². The molecule has 1 atom stereocenters. The van der Waals surface area contributed by atoms with Gasteiger partial charge in [0.25, 0.3) is 5.91 Å². The molecule has 0 aliphatic carbocycles. The predicted octanol–water partition coefficient (Wildman–Crippen LogP) is 2.08. The van der Waals surface area contributed by atoms with Gasteiger partial charge >= 0.3 is 0 Å². The van der Waals surface area contributed by atoms with Gasteiger partial charge in [0, 0.05) is 19.3 Å². The zero-order valence-electron chi connectivity index (χ0n) is 10.3. The molecule has 5 heteroatoms. The zero-order valence-corrected chi connectivity index (χ0v) is 11.9. The molecule has 0 spiro atoms. The lowest BCUT2D eigenvalue weighted by Crippen LogP contribution is -2.40. The summed E-state index contributed by atoms with van der Waals surface area (Å²) >= 11 is 3.30. The number of halogens is 1. The first-order valence-corrected chi connectivity index (χ1v) is 6.96. The molecule has 1 unspecified atom stereocenters. The third kappa shape index (κ3) is 2.90. The highest BCUT2D eigenvalue weighted by atomic mass is 79.9. The van der Waals surface area contributed by atoms with Gasteiger partial charge in [0.05, 0.1) is 11.7 Å². The summed E-state index contributed by atoms with van der Waals surface area (Å²) in [7, 11) is 0. The molecule has 1 saturated heterocycles. The Balaban J connectivity index is 2.02. The fourth-order valence-corrected chi connectivity index (χ4v) is 2.72. The van der Waals surface area contributed by atoms with Crippen molar-refractivity contribution in [1.29, 1.82) is 0 Å². The Labute approximate surface area is 115 Å². The molecule has 1 fully saturated rings. The van der Waals surface area contributed by atoms with Gasteiger partial charge in [-0.1, -0.05) is 0 Å². The highest BCUT2D eigenvalue weighted by Crippen LogP contribution is 2.23. The third-order valence-corrected chi connectivity index (χ3v) is 4.13. The van der Waals surface area contributed by atoms with Gasteiger partial charge < -0.3 is 10.0 Å². The van der Waals surface area contributed by atoms with Gasteiger partial charge in [0.1, 0.15) is 4.60 Å². The molecule has 2 rings (SSSR count). The van der Waals surface area contributed by atoms with Crippen molar-refractivity contribution in [3.05, 3.63) is 28.5 Å². The number of carbonyl (C=O) groups is 1. The first kappa shape index (κ1) is 13.5. The topological polar surface area (TPSA) is 53.4 Å². The number of aliphatic hydroxyl groups is 1. The van der Waals surface area contributed by atoms with E-state index in [9.17, 15) is 9.90 Å². The normalized spacial score (nSPS) is 18.7. The summed E-state index contributed by atoms with van der Waals surface area (Å²) in [5.41, 5.74) is 0.605.